The molecule has 0 radical (unpaired) electrons. The van der Waals surface area contributed by atoms with E-state index in [1.54, 1.807) is 0 Å². The molecule has 0 unspecified atom stereocenters. The van der Waals surface area contributed by atoms with Gasteiger partial charge in [-0.2, -0.15) is 0 Å². The molecule has 0 atom stereocenters. The molecule has 2 aromatic carbocycles. The largest absolute Gasteiger partial charge is 0.260 e. The van der Waals surface area contributed by atoms with E-state index < -0.39 is 7.41 Å². The summed E-state index contributed by atoms with van der Waals surface area (Å²) in [6.45, 7) is 11.6. The standard InChI is InChI=1S/C20H29NP/c1-16(2)22(17(3)4,15-19-9-7-6-8-10-19)21-20-13-11-18(5)12-14-20/h6-14,16-17,21H,15H2,1-5H3/q+1. The van der Waals surface area contributed by atoms with Crippen molar-refractivity contribution in [3.05, 3.63) is 65.7 Å². The summed E-state index contributed by atoms with van der Waals surface area (Å²) in [5.41, 5.74) is 5.31. The highest BCUT2D eigenvalue weighted by molar-refractivity contribution is 7.77. The van der Waals surface area contributed by atoms with Crippen molar-refractivity contribution in [2.75, 3.05) is 5.09 Å². The second-order valence-corrected chi connectivity index (χ2v) is 11.2. The summed E-state index contributed by atoms with van der Waals surface area (Å²) in [5.74, 6) is 0. The molecular formula is C20H29NP+. The van der Waals surface area contributed by atoms with Gasteiger partial charge in [-0.15, -0.1) is 0 Å². The number of nitrogens with one attached hydrogen (secondary N) is 1. The third kappa shape index (κ3) is 3.90. The maximum absolute atomic E-state index is 3.98. The molecule has 0 saturated heterocycles. The lowest BCUT2D eigenvalue weighted by molar-refractivity contribution is 0.968. The van der Waals surface area contributed by atoms with E-state index in [2.05, 4.69) is 94.3 Å². The minimum absolute atomic E-state index is 0.647. The second-order valence-electron chi connectivity index (χ2n) is 6.74. The molecule has 0 heterocycles. The molecular weight excluding hydrogens is 285 g/mol. The average Bonchev–Trinajstić information content (AvgIpc) is 2.49. The first kappa shape index (κ1) is 17.0. The molecule has 1 nitrogen and oxygen atoms in total. The molecule has 1 N–H and O–H groups in total. The van der Waals surface area contributed by atoms with Crippen LogP contribution >= 0.6 is 7.41 Å². The van der Waals surface area contributed by atoms with E-state index in [0.29, 0.717) is 11.3 Å². The van der Waals surface area contributed by atoms with E-state index in [9.17, 15) is 0 Å². The van der Waals surface area contributed by atoms with Gasteiger partial charge in [0.15, 0.2) is 0 Å². The maximum atomic E-state index is 3.98. The lowest BCUT2D eigenvalue weighted by Gasteiger charge is -2.35. The number of benzene rings is 2. The predicted molar refractivity (Wildman–Crippen MR) is 102 cm³/mol. The minimum atomic E-state index is -1.35. The topological polar surface area (TPSA) is 12.0 Å². The fourth-order valence-electron chi connectivity index (χ4n) is 3.01. The van der Waals surface area contributed by atoms with Crippen LogP contribution in [-0.4, -0.2) is 11.3 Å². The van der Waals surface area contributed by atoms with Gasteiger partial charge in [-0.05, 0) is 52.3 Å². The lowest BCUT2D eigenvalue weighted by atomic mass is 10.2. The molecule has 2 rings (SSSR count). The summed E-state index contributed by atoms with van der Waals surface area (Å²) in [5, 5.41) is 3.98. The summed E-state index contributed by atoms with van der Waals surface area (Å²) in [6.07, 6.45) is 1.15. The molecule has 2 heteroatoms. The Morgan fingerprint density at radius 1 is 0.818 bits per heavy atom. The summed E-state index contributed by atoms with van der Waals surface area (Å²) in [4.78, 5) is 0. The van der Waals surface area contributed by atoms with Gasteiger partial charge < -0.3 is 0 Å². The van der Waals surface area contributed by atoms with Gasteiger partial charge in [0, 0.05) is 0 Å². The number of rotatable bonds is 6. The van der Waals surface area contributed by atoms with Crippen molar-refractivity contribution in [1.29, 1.82) is 0 Å². The van der Waals surface area contributed by atoms with Gasteiger partial charge in [0.2, 0.25) is 0 Å². The van der Waals surface area contributed by atoms with E-state index in [4.69, 9.17) is 0 Å². The molecule has 0 fully saturated rings. The normalized spacial score (nSPS) is 12.0. The zero-order valence-electron chi connectivity index (χ0n) is 14.5. The number of anilines is 1. The monoisotopic (exact) mass is 314 g/mol. The Labute approximate surface area is 136 Å². The molecule has 0 bridgehead atoms. The average molecular weight is 314 g/mol. The molecule has 2 aromatic rings. The van der Waals surface area contributed by atoms with Gasteiger partial charge >= 0.3 is 0 Å². The van der Waals surface area contributed by atoms with Crippen LogP contribution < -0.4 is 5.09 Å². The maximum Gasteiger partial charge on any atom is 0.111 e. The first-order valence-corrected chi connectivity index (χ1v) is 10.3. The zero-order chi connectivity index (χ0) is 16.2. The highest BCUT2D eigenvalue weighted by atomic mass is 31.2. The molecule has 0 aliphatic heterocycles. The van der Waals surface area contributed by atoms with Crippen molar-refractivity contribution < 1.29 is 0 Å². The smallest absolute Gasteiger partial charge is 0.111 e. The van der Waals surface area contributed by atoms with Crippen molar-refractivity contribution in [1.82, 2.24) is 0 Å². The van der Waals surface area contributed by atoms with E-state index in [0.717, 1.165) is 6.16 Å². The Hall–Kier alpha value is -1.33. The number of hydrogen-bond donors (Lipinski definition) is 1. The molecule has 0 amide bonds. The Morgan fingerprint density at radius 3 is 1.86 bits per heavy atom. The van der Waals surface area contributed by atoms with Gasteiger partial charge in [-0.25, -0.2) is 0 Å². The summed E-state index contributed by atoms with van der Waals surface area (Å²) >= 11 is 0. The van der Waals surface area contributed by atoms with Gasteiger partial charge in [0.25, 0.3) is 0 Å². The SMILES string of the molecule is Cc1ccc(N[P+](Cc2ccccc2)(C(C)C)C(C)C)cc1. The summed E-state index contributed by atoms with van der Waals surface area (Å²) in [7, 11) is -1.35. The van der Waals surface area contributed by atoms with E-state index in [-0.39, 0.29) is 0 Å². The Kier molecular flexibility index (Phi) is 5.64. The van der Waals surface area contributed by atoms with Crippen LogP contribution in [0.15, 0.2) is 54.6 Å². The minimum Gasteiger partial charge on any atom is -0.260 e. The third-order valence-corrected chi connectivity index (χ3v) is 9.77. The van der Waals surface area contributed by atoms with Crippen LogP contribution in [0.1, 0.15) is 38.8 Å². The van der Waals surface area contributed by atoms with E-state index in [1.807, 2.05) is 0 Å². The van der Waals surface area contributed by atoms with Crippen LogP contribution in [0.2, 0.25) is 0 Å². The zero-order valence-corrected chi connectivity index (χ0v) is 15.4. The molecule has 0 saturated carbocycles. The van der Waals surface area contributed by atoms with Crippen LogP contribution in [0.3, 0.4) is 0 Å². The predicted octanol–water partition coefficient (Wildman–Crippen LogP) is 6.36. The van der Waals surface area contributed by atoms with Crippen LogP contribution in [0.25, 0.3) is 0 Å². The van der Waals surface area contributed by atoms with Gasteiger partial charge in [-0.3, -0.25) is 5.09 Å². The quantitative estimate of drug-likeness (QED) is 0.612. The van der Waals surface area contributed by atoms with E-state index in [1.165, 1.54) is 16.8 Å². The lowest BCUT2D eigenvalue weighted by Crippen LogP contribution is -2.24. The van der Waals surface area contributed by atoms with Gasteiger partial charge in [-0.1, -0.05) is 48.0 Å². The van der Waals surface area contributed by atoms with Gasteiger partial charge in [0.05, 0.1) is 17.0 Å². The van der Waals surface area contributed by atoms with Crippen molar-refractivity contribution in [2.45, 2.75) is 52.1 Å². The van der Waals surface area contributed by atoms with E-state index >= 15 is 0 Å². The van der Waals surface area contributed by atoms with Crippen LogP contribution in [-0.2, 0) is 6.16 Å². The molecule has 118 valence electrons. The molecule has 0 aliphatic rings. The molecule has 22 heavy (non-hydrogen) atoms. The van der Waals surface area contributed by atoms with Crippen molar-refractivity contribution in [3.8, 4) is 0 Å². The fraction of sp³-hybridized carbons (Fsp3) is 0.400. The Balaban J connectivity index is 2.34. The van der Waals surface area contributed by atoms with Crippen molar-refractivity contribution in [3.63, 3.8) is 0 Å². The van der Waals surface area contributed by atoms with Crippen LogP contribution in [0.5, 0.6) is 0 Å². The van der Waals surface area contributed by atoms with Crippen molar-refractivity contribution in [2.24, 2.45) is 0 Å². The number of aryl methyl sites for hydroxylation is 1. The second kappa shape index (κ2) is 7.29. The molecule has 0 aliphatic carbocycles. The summed E-state index contributed by atoms with van der Waals surface area (Å²) in [6, 6.07) is 19.8. The summed E-state index contributed by atoms with van der Waals surface area (Å²) < 4.78 is 0. The highest BCUT2D eigenvalue weighted by Gasteiger charge is 2.45. The first-order valence-electron chi connectivity index (χ1n) is 8.20. The third-order valence-electron chi connectivity index (χ3n) is 4.52. The molecule has 0 spiro atoms. The Morgan fingerprint density at radius 2 is 1.36 bits per heavy atom. The van der Waals surface area contributed by atoms with Gasteiger partial charge in [0.1, 0.15) is 13.6 Å². The molecule has 0 aromatic heterocycles. The van der Waals surface area contributed by atoms with Crippen LogP contribution in [0.4, 0.5) is 5.69 Å². The van der Waals surface area contributed by atoms with Crippen LogP contribution in [0, 0.1) is 6.92 Å². The van der Waals surface area contributed by atoms with Crippen molar-refractivity contribution >= 4 is 13.1 Å². The Bertz CT molecular complexity index is 564. The number of hydrogen-bond acceptors (Lipinski definition) is 1. The highest BCUT2D eigenvalue weighted by Crippen LogP contribution is 2.68. The first-order chi connectivity index (χ1) is 10.4. The fourth-order valence-corrected chi connectivity index (χ4v) is 6.98.